The van der Waals surface area contributed by atoms with Crippen LogP contribution in [0.25, 0.3) is 0 Å². The van der Waals surface area contributed by atoms with Gasteiger partial charge in [-0.3, -0.25) is 0 Å². The second kappa shape index (κ2) is 5.64. The van der Waals surface area contributed by atoms with E-state index in [4.69, 9.17) is 0 Å². The molecule has 114 valence electrons. The molecule has 1 fully saturated rings. The zero-order chi connectivity index (χ0) is 15.0. The van der Waals surface area contributed by atoms with Gasteiger partial charge in [0.15, 0.2) is 0 Å². The highest BCUT2D eigenvalue weighted by atomic mass is 32.1. The molecular formula is C14H21F3N2S. The predicted molar refractivity (Wildman–Crippen MR) is 75.0 cm³/mol. The van der Waals surface area contributed by atoms with E-state index in [1.165, 1.54) is 0 Å². The van der Waals surface area contributed by atoms with Gasteiger partial charge in [-0.05, 0) is 38.6 Å². The molecule has 0 unspecified atom stereocenters. The number of halogens is 3. The monoisotopic (exact) mass is 306 g/mol. The number of thiazole rings is 1. The lowest BCUT2D eigenvalue weighted by Gasteiger charge is -2.39. The third-order valence-electron chi connectivity index (χ3n) is 4.30. The second-order valence-corrected chi connectivity index (χ2v) is 6.74. The van der Waals surface area contributed by atoms with Gasteiger partial charge in [0.05, 0.1) is 17.2 Å². The van der Waals surface area contributed by atoms with Crippen molar-refractivity contribution in [1.82, 2.24) is 10.3 Å². The van der Waals surface area contributed by atoms with Gasteiger partial charge in [0.25, 0.3) is 0 Å². The van der Waals surface area contributed by atoms with E-state index in [0.717, 1.165) is 10.7 Å². The van der Waals surface area contributed by atoms with Crippen LogP contribution in [0.4, 0.5) is 13.2 Å². The fourth-order valence-corrected chi connectivity index (χ4v) is 4.03. The lowest BCUT2D eigenvalue weighted by molar-refractivity contribution is -0.185. The zero-order valence-corrected chi connectivity index (χ0v) is 12.9. The maximum Gasteiger partial charge on any atom is 0.391 e. The van der Waals surface area contributed by atoms with Gasteiger partial charge in [0, 0.05) is 5.38 Å². The topological polar surface area (TPSA) is 24.9 Å². The van der Waals surface area contributed by atoms with Gasteiger partial charge in [-0.1, -0.05) is 13.8 Å². The highest BCUT2D eigenvalue weighted by Crippen LogP contribution is 2.45. The van der Waals surface area contributed by atoms with Crippen LogP contribution in [-0.2, 0) is 5.54 Å². The molecule has 2 rings (SSSR count). The van der Waals surface area contributed by atoms with Crippen LogP contribution >= 0.6 is 11.3 Å². The molecule has 0 radical (unpaired) electrons. The van der Waals surface area contributed by atoms with Crippen molar-refractivity contribution < 1.29 is 13.2 Å². The summed E-state index contributed by atoms with van der Waals surface area (Å²) in [6.45, 7) is 4.15. The molecule has 1 aromatic heterocycles. The molecule has 0 aromatic carbocycles. The molecule has 1 aliphatic carbocycles. The molecule has 0 atom stereocenters. The van der Waals surface area contributed by atoms with E-state index in [-0.39, 0.29) is 18.4 Å². The van der Waals surface area contributed by atoms with E-state index in [2.05, 4.69) is 24.1 Å². The van der Waals surface area contributed by atoms with Crippen LogP contribution in [0.15, 0.2) is 5.38 Å². The Hall–Kier alpha value is -0.620. The first-order valence-corrected chi connectivity index (χ1v) is 7.88. The van der Waals surface area contributed by atoms with Crippen LogP contribution in [0.3, 0.4) is 0 Å². The molecule has 1 aromatic rings. The Labute approximate surface area is 121 Å². The maximum absolute atomic E-state index is 12.8. The molecule has 0 amide bonds. The highest BCUT2D eigenvalue weighted by Gasteiger charge is 2.46. The summed E-state index contributed by atoms with van der Waals surface area (Å²) < 4.78 is 38.3. The maximum atomic E-state index is 12.8. The van der Waals surface area contributed by atoms with Crippen molar-refractivity contribution in [3.63, 3.8) is 0 Å². The van der Waals surface area contributed by atoms with Crippen molar-refractivity contribution in [1.29, 1.82) is 0 Å². The average Bonchev–Trinajstić information content (AvgIpc) is 2.88. The molecule has 1 N–H and O–H groups in total. The Morgan fingerprint density at radius 1 is 1.35 bits per heavy atom. The first kappa shape index (κ1) is 15.8. The minimum atomic E-state index is -4.06. The lowest BCUT2D eigenvalue weighted by Crippen LogP contribution is -2.45. The fraction of sp³-hybridized carbons (Fsp3) is 0.786. The van der Waals surface area contributed by atoms with Gasteiger partial charge < -0.3 is 5.32 Å². The van der Waals surface area contributed by atoms with Gasteiger partial charge in [-0.2, -0.15) is 13.2 Å². The SMILES string of the molecule is CNC1(c2nc(C(C)C)cs2)CCC(C(F)(F)F)CC1. The minimum absolute atomic E-state index is 0.181. The second-order valence-electron chi connectivity index (χ2n) is 5.88. The number of nitrogens with one attached hydrogen (secondary N) is 1. The third kappa shape index (κ3) is 3.01. The van der Waals surface area contributed by atoms with Gasteiger partial charge in [0.2, 0.25) is 0 Å². The average molecular weight is 306 g/mol. The van der Waals surface area contributed by atoms with E-state index in [0.29, 0.717) is 18.8 Å². The molecule has 1 aliphatic rings. The Morgan fingerprint density at radius 3 is 2.35 bits per heavy atom. The summed E-state index contributed by atoms with van der Waals surface area (Å²) in [7, 11) is 1.82. The third-order valence-corrected chi connectivity index (χ3v) is 5.37. The Balaban J connectivity index is 2.16. The largest absolute Gasteiger partial charge is 0.391 e. The standard InChI is InChI=1S/C14H21F3N2S/c1-9(2)11-8-20-12(19-11)13(18-3)6-4-10(5-7-13)14(15,16)17/h8-10,18H,4-7H2,1-3H3. The van der Waals surface area contributed by atoms with E-state index < -0.39 is 12.1 Å². The number of hydrogen-bond acceptors (Lipinski definition) is 3. The molecule has 0 saturated heterocycles. The molecule has 6 heteroatoms. The van der Waals surface area contributed by atoms with Crippen molar-refractivity contribution in [3.8, 4) is 0 Å². The van der Waals surface area contributed by atoms with Crippen molar-refractivity contribution in [2.75, 3.05) is 7.05 Å². The molecule has 0 spiro atoms. The number of aromatic nitrogens is 1. The van der Waals surface area contributed by atoms with E-state index in [1.807, 2.05) is 12.4 Å². The van der Waals surface area contributed by atoms with Crippen molar-refractivity contribution in [2.24, 2.45) is 5.92 Å². The summed E-state index contributed by atoms with van der Waals surface area (Å²) in [5.41, 5.74) is 0.650. The number of nitrogens with zero attached hydrogens (tertiary/aromatic N) is 1. The van der Waals surface area contributed by atoms with Gasteiger partial charge in [-0.15, -0.1) is 11.3 Å². The van der Waals surface area contributed by atoms with E-state index >= 15 is 0 Å². The summed E-state index contributed by atoms with van der Waals surface area (Å²) >= 11 is 1.56. The molecule has 20 heavy (non-hydrogen) atoms. The van der Waals surface area contributed by atoms with Crippen LogP contribution in [0.2, 0.25) is 0 Å². The lowest BCUT2D eigenvalue weighted by atomic mass is 9.76. The molecule has 1 saturated carbocycles. The summed E-state index contributed by atoms with van der Waals surface area (Å²) in [4.78, 5) is 4.64. The van der Waals surface area contributed by atoms with Crippen molar-refractivity contribution in [2.45, 2.75) is 57.2 Å². The smallest absolute Gasteiger partial charge is 0.308 e. The molecule has 0 aliphatic heterocycles. The van der Waals surface area contributed by atoms with Crippen LogP contribution in [0.5, 0.6) is 0 Å². The first-order chi connectivity index (χ1) is 9.28. The van der Waals surface area contributed by atoms with Crippen LogP contribution in [-0.4, -0.2) is 18.2 Å². The van der Waals surface area contributed by atoms with Crippen LogP contribution in [0, 0.1) is 5.92 Å². The van der Waals surface area contributed by atoms with Crippen LogP contribution in [0.1, 0.15) is 56.2 Å². The van der Waals surface area contributed by atoms with Gasteiger partial charge >= 0.3 is 6.18 Å². The zero-order valence-electron chi connectivity index (χ0n) is 12.0. The molecule has 1 heterocycles. The summed E-state index contributed by atoms with van der Waals surface area (Å²) in [6.07, 6.45) is -2.70. The number of hydrogen-bond donors (Lipinski definition) is 1. The Morgan fingerprint density at radius 2 is 1.95 bits per heavy atom. The van der Waals surface area contributed by atoms with Crippen LogP contribution < -0.4 is 5.32 Å². The first-order valence-electron chi connectivity index (χ1n) is 7.00. The normalized spacial score (nSPS) is 28.1. The minimum Gasteiger partial charge on any atom is -0.308 e. The molecule has 2 nitrogen and oxygen atoms in total. The van der Waals surface area contributed by atoms with E-state index in [1.54, 1.807) is 11.3 Å². The van der Waals surface area contributed by atoms with Crippen molar-refractivity contribution >= 4 is 11.3 Å². The summed E-state index contributed by atoms with van der Waals surface area (Å²) in [6, 6.07) is 0. The van der Waals surface area contributed by atoms with E-state index in [9.17, 15) is 13.2 Å². The predicted octanol–water partition coefficient (Wildman–Crippen LogP) is 4.43. The van der Waals surface area contributed by atoms with Gasteiger partial charge in [-0.25, -0.2) is 4.98 Å². The molecule has 0 bridgehead atoms. The summed E-state index contributed by atoms with van der Waals surface area (Å²) in [5, 5.41) is 6.20. The Kier molecular flexibility index (Phi) is 4.44. The summed E-state index contributed by atoms with van der Waals surface area (Å²) in [5.74, 6) is -0.811. The highest BCUT2D eigenvalue weighted by molar-refractivity contribution is 7.09. The van der Waals surface area contributed by atoms with Crippen molar-refractivity contribution in [3.05, 3.63) is 16.1 Å². The number of rotatable bonds is 3. The van der Waals surface area contributed by atoms with Gasteiger partial charge in [0.1, 0.15) is 5.01 Å². The molecular weight excluding hydrogens is 285 g/mol. The quantitative estimate of drug-likeness (QED) is 0.893. The fourth-order valence-electron chi connectivity index (χ4n) is 2.78. The Bertz CT molecular complexity index is 446. The number of alkyl halides is 3.